The number of nitrogens with zero attached hydrogens (tertiary/aromatic N) is 2. The quantitative estimate of drug-likeness (QED) is 0.288. The fourth-order valence-corrected chi connectivity index (χ4v) is 2.40. The van der Waals surface area contributed by atoms with Gasteiger partial charge in [-0.1, -0.05) is 40.0 Å². The van der Waals surface area contributed by atoms with Gasteiger partial charge in [-0.05, 0) is 24.3 Å². The molecule has 7 nitrogen and oxygen atoms in total. The van der Waals surface area contributed by atoms with E-state index in [1.54, 1.807) is 0 Å². The summed E-state index contributed by atoms with van der Waals surface area (Å²) in [5.41, 5.74) is -2.15. The first-order chi connectivity index (χ1) is 13.5. The molecule has 0 aliphatic rings. The van der Waals surface area contributed by atoms with Crippen LogP contribution < -0.4 is 5.32 Å². The van der Waals surface area contributed by atoms with Crippen molar-refractivity contribution in [3.8, 4) is 0 Å². The van der Waals surface area contributed by atoms with Crippen LogP contribution >= 0.6 is 34.8 Å². The molecule has 1 N–H and O–H groups in total. The number of rotatable bonds is 4. The van der Waals surface area contributed by atoms with E-state index < -0.39 is 40.2 Å². The normalized spacial score (nSPS) is 11.8. The number of hydrogen-bond acceptors (Lipinski definition) is 6. The summed E-state index contributed by atoms with van der Waals surface area (Å²) >= 11 is 17.3. The van der Waals surface area contributed by atoms with Crippen LogP contribution in [0.3, 0.4) is 0 Å². The number of aromatic nitrogens is 1. The van der Waals surface area contributed by atoms with Gasteiger partial charge in [0, 0.05) is 11.9 Å². The summed E-state index contributed by atoms with van der Waals surface area (Å²) in [4.78, 5) is 31.8. The molecule has 2 rings (SSSR count). The number of carbonyl (C=O) groups excluding carboxylic acids is 2. The highest BCUT2D eigenvalue weighted by atomic mass is 35.5. The third kappa shape index (κ3) is 5.96. The third-order valence-corrected chi connectivity index (χ3v) is 4.18. The van der Waals surface area contributed by atoms with Gasteiger partial charge < -0.3 is 4.74 Å². The predicted octanol–water partition coefficient (Wildman–Crippen LogP) is 5.19. The van der Waals surface area contributed by atoms with E-state index in [0.29, 0.717) is 12.3 Å². The van der Waals surface area contributed by atoms with Gasteiger partial charge in [0.05, 0.1) is 27.7 Å². The lowest BCUT2D eigenvalue weighted by molar-refractivity contribution is -0.137. The van der Waals surface area contributed by atoms with E-state index in [1.807, 2.05) is 0 Å². The molecule has 0 saturated heterocycles. The van der Waals surface area contributed by atoms with Crippen molar-refractivity contribution in [2.75, 3.05) is 12.4 Å². The van der Waals surface area contributed by atoms with Crippen molar-refractivity contribution in [2.24, 2.45) is 5.16 Å². The average molecular weight is 471 g/mol. The number of nitrogens with one attached hydrogen (secondary N) is 1. The molecule has 154 valence electrons. The first-order valence-electron chi connectivity index (χ1n) is 7.35. The molecule has 0 fully saturated rings. The number of anilines is 1. The van der Waals surface area contributed by atoms with E-state index >= 15 is 0 Å². The summed E-state index contributed by atoms with van der Waals surface area (Å²) in [5, 5.41) is 5.40. The van der Waals surface area contributed by atoms with Crippen LogP contribution in [-0.2, 0) is 20.5 Å². The van der Waals surface area contributed by atoms with Crippen LogP contribution in [0.25, 0.3) is 0 Å². The molecule has 0 spiro atoms. The topological polar surface area (TPSA) is 89.9 Å². The second-order valence-corrected chi connectivity index (χ2v) is 6.34. The molecule has 0 unspecified atom stereocenters. The maximum Gasteiger partial charge on any atom is 0.437 e. The number of halogens is 6. The Morgan fingerprint density at radius 1 is 1.10 bits per heavy atom. The summed E-state index contributed by atoms with van der Waals surface area (Å²) in [6.07, 6.45) is -5.41. The van der Waals surface area contributed by atoms with Crippen molar-refractivity contribution in [1.82, 2.24) is 4.98 Å². The van der Waals surface area contributed by atoms with Gasteiger partial charge in [-0.3, -0.25) is 15.1 Å². The Kier molecular flexibility index (Phi) is 7.28. The van der Waals surface area contributed by atoms with Crippen molar-refractivity contribution in [3.05, 3.63) is 56.8 Å². The minimum atomic E-state index is -4.70. The van der Waals surface area contributed by atoms with Crippen LogP contribution in [0.4, 0.5) is 23.7 Å². The Labute approximate surface area is 176 Å². The Balaban J connectivity index is 2.26. The molecule has 13 heteroatoms. The highest BCUT2D eigenvalue weighted by Crippen LogP contribution is 2.31. The number of esters is 1. The standard InChI is InChI=1S/C16H9Cl3F3N3O4/c1-28-14(26)13(12-11(19)4-7(6-23-12)16(20,21)22)25-29-15(27)24-8-2-3-9(17)10(18)5-8/h2-6H,1H3,(H,24,27)/b25-13+. The van der Waals surface area contributed by atoms with Crippen LogP contribution in [0.2, 0.25) is 15.1 Å². The smallest absolute Gasteiger partial charge is 0.437 e. The summed E-state index contributed by atoms with van der Waals surface area (Å²) in [5.74, 6) is -1.15. The molecule has 0 saturated carbocycles. The summed E-state index contributed by atoms with van der Waals surface area (Å²) < 4.78 is 42.6. The number of pyridine rings is 1. The van der Waals surface area contributed by atoms with Gasteiger partial charge in [-0.15, -0.1) is 0 Å². The van der Waals surface area contributed by atoms with E-state index in [4.69, 9.17) is 34.8 Å². The number of benzene rings is 1. The van der Waals surface area contributed by atoms with Gasteiger partial charge in [-0.25, -0.2) is 9.59 Å². The third-order valence-electron chi connectivity index (χ3n) is 3.16. The van der Waals surface area contributed by atoms with E-state index in [2.05, 4.69) is 25.0 Å². The van der Waals surface area contributed by atoms with Crippen molar-refractivity contribution >= 4 is 58.3 Å². The molecule has 0 atom stereocenters. The molecule has 0 aliphatic heterocycles. The highest BCUT2D eigenvalue weighted by molar-refractivity contribution is 6.46. The second kappa shape index (κ2) is 9.29. The molecule has 1 aromatic carbocycles. The van der Waals surface area contributed by atoms with E-state index in [-0.39, 0.29) is 15.7 Å². The summed E-state index contributed by atoms with van der Waals surface area (Å²) in [6, 6.07) is 4.69. The van der Waals surface area contributed by atoms with Gasteiger partial charge in [0.25, 0.3) is 0 Å². The number of carbonyl (C=O) groups is 2. The Hall–Kier alpha value is -2.56. The molecule has 0 aliphatic carbocycles. The highest BCUT2D eigenvalue weighted by Gasteiger charge is 2.32. The lowest BCUT2D eigenvalue weighted by atomic mass is 10.2. The number of alkyl halides is 3. The summed E-state index contributed by atoms with van der Waals surface area (Å²) in [7, 11) is 0.978. The van der Waals surface area contributed by atoms with Crippen LogP contribution in [0.5, 0.6) is 0 Å². The Morgan fingerprint density at radius 3 is 2.34 bits per heavy atom. The Bertz CT molecular complexity index is 984. The van der Waals surface area contributed by atoms with Crippen molar-refractivity contribution in [3.63, 3.8) is 0 Å². The molecule has 29 heavy (non-hydrogen) atoms. The zero-order valence-electron chi connectivity index (χ0n) is 14.2. The van der Waals surface area contributed by atoms with E-state index in [9.17, 15) is 22.8 Å². The van der Waals surface area contributed by atoms with Gasteiger partial charge >= 0.3 is 18.2 Å². The number of hydrogen-bond donors (Lipinski definition) is 1. The van der Waals surface area contributed by atoms with Gasteiger partial charge in [0.2, 0.25) is 5.71 Å². The van der Waals surface area contributed by atoms with Crippen LogP contribution in [0, 0.1) is 0 Å². The van der Waals surface area contributed by atoms with Crippen LogP contribution in [0.15, 0.2) is 35.6 Å². The molecule has 0 radical (unpaired) electrons. The van der Waals surface area contributed by atoms with Gasteiger partial charge in [0.1, 0.15) is 5.69 Å². The molecule has 1 aromatic heterocycles. The lowest BCUT2D eigenvalue weighted by Gasteiger charge is -2.10. The van der Waals surface area contributed by atoms with E-state index in [1.165, 1.54) is 18.2 Å². The average Bonchev–Trinajstić information content (AvgIpc) is 2.64. The first kappa shape index (κ1) is 22.7. The summed E-state index contributed by atoms with van der Waals surface area (Å²) in [6.45, 7) is 0. The van der Waals surface area contributed by atoms with Crippen molar-refractivity contribution in [1.29, 1.82) is 0 Å². The number of amides is 1. The first-order valence-corrected chi connectivity index (χ1v) is 8.48. The minimum absolute atomic E-state index is 0.156. The zero-order valence-corrected chi connectivity index (χ0v) is 16.4. The maximum absolute atomic E-state index is 12.7. The lowest BCUT2D eigenvalue weighted by Crippen LogP contribution is -2.22. The molecule has 1 heterocycles. The molecule has 2 aromatic rings. The largest absolute Gasteiger partial charge is 0.464 e. The predicted molar refractivity (Wildman–Crippen MR) is 99.4 cm³/mol. The number of ether oxygens (including phenoxy) is 1. The number of oxime groups is 1. The minimum Gasteiger partial charge on any atom is -0.464 e. The monoisotopic (exact) mass is 469 g/mol. The van der Waals surface area contributed by atoms with Crippen LogP contribution in [-0.4, -0.2) is 29.9 Å². The Morgan fingerprint density at radius 2 is 1.79 bits per heavy atom. The fourth-order valence-electron chi connectivity index (χ4n) is 1.84. The molecular weight excluding hydrogens is 462 g/mol. The number of methoxy groups -OCH3 is 1. The van der Waals surface area contributed by atoms with Crippen LogP contribution in [0.1, 0.15) is 11.3 Å². The molecule has 0 bridgehead atoms. The van der Waals surface area contributed by atoms with Crippen molar-refractivity contribution in [2.45, 2.75) is 6.18 Å². The van der Waals surface area contributed by atoms with Gasteiger partial charge in [-0.2, -0.15) is 13.2 Å². The van der Waals surface area contributed by atoms with Crippen molar-refractivity contribution < 1.29 is 32.3 Å². The van der Waals surface area contributed by atoms with Gasteiger partial charge in [0.15, 0.2) is 0 Å². The zero-order chi connectivity index (χ0) is 21.8. The van der Waals surface area contributed by atoms with E-state index in [0.717, 1.165) is 7.11 Å². The molecular formula is C16H9Cl3F3N3O4. The maximum atomic E-state index is 12.7. The fraction of sp³-hybridized carbons (Fsp3) is 0.125. The SMILES string of the molecule is COC(=O)/C(=N/OC(=O)Nc1ccc(Cl)c(Cl)c1)c1ncc(C(F)(F)F)cc1Cl. The molecule has 1 amide bonds. The second-order valence-electron chi connectivity index (χ2n) is 5.12.